The van der Waals surface area contributed by atoms with E-state index in [0.29, 0.717) is 12.0 Å². The van der Waals surface area contributed by atoms with E-state index in [1.165, 1.54) is 0 Å². The van der Waals surface area contributed by atoms with Crippen molar-refractivity contribution in [2.75, 3.05) is 0 Å². The molecule has 0 aromatic rings. The van der Waals surface area contributed by atoms with Gasteiger partial charge in [-0.05, 0) is 50.4 Å². The van der Waals surface area contributed by atoms with Gasteiger partial charge in [-0.1, -0.05) is 26.8 Å². The molecule has 1 aliphatic rings. The summed E-state index contributed by atoms with van der Waals surface area (Å²) in [7, 11) is -1.83. The molecule has 3 nitrogen and oxygen atoms in total. The van der Waals surface area contributed by atoms with Crippen LogP contribution in [0.25, 0.3) is 0 Å². The van der Waals surface area contributed by atoms with Crippen LogP contribution in [-0.2, 0) is 9.22 Å². The van der Waals surface area contributed by atoms with Crippen molar-refractivity contribution >= 4 is 14.1 Å². The molecule has 0 heterocycles. The summed E-state index contributed by atoms with van der Waals surface area (Å²) in [5, 5.41) is 9.99. The van der Waals surface area contributed by atoms with E-state index in [4.69, 9.17) is 4.43 Å². The van der Waals surface area contributed by atoms with E-state index < -0.39 is 14.4 Å². The molecule has 0 aromatic heterocycles. The number of aliphatic hydroxyl groups is 1. The van der Waals surface area contributed by atoms with Gasteiger partial charge in [0.2, 0.25) is 8.32 Å². The number of carbonyl (C=O) groups excluding carboxylic acids is 1. The van der Waals surface area contributed by atoms with Crippen LogP contribution in [0.3, 0.4) is 0 Å². The average Bonchev–Trinajstić information content (AvgIpc) is 2.33. The lowest BCUT2D eigenvalue weighted by molar-refractivity contribution is -0.125. The summed E-state index contributed by atoms with van der Waals surface area (Å²) in [4.78, 5) is 12.2. The van der Waals surface area contributed by atoms with Crippen molar-refractivity contribution in [1.82, 2.24) is 0 Å². The molecule has 0 bridgehead atoms. The van der Waals surface area contributed by atoms with Crippen LogP contribution in [-0.4, -0.2) is 25.3 Å². The Bertz CT molecular complexity index is 521. The van der Waals surface area contributed by atoms with Gasteiger partial charge < -0.3 is 9.53 Å². The first-order chi connectivity index (χ1) is 9.89. The molecule has 124 valence electrons. The molecule has 0 saturated heterocycles. The summed E-state index contributed by atoms with van der Waals surface area (Å²) in [6.07, 6.45) is 3.41. The molecule has 0 radical (unpaired) electrons. The van der Waals surface area contributed by atoms with E-state index >= 15 is 0 Å². The largest absolute Gasteiger partial charge is 0.544 e. The van der Waals surface area contributed by atoms with Gasteiger partial charge >= 0.3 is 0 Å². The molecule has 0 spiro atoms. The van der Waals surface area contributed by atoms with Crippen molar-refractivity contribution in [3.05, 3.63) is 35.6 Å². The first kappa shape index (κ1) is 18.9. The third kappa shape index (κ3) is 4.43. The van der Waals surface area contributed by atoms with Gasteiger partial charge in [-0.3, -0.25) is 4.79 Å². The van der Waals surface area contributed by atoms with Gasteiger partial charge in [0.15, 0.2) is 5.78 Å². The zero-order valence-corrected chi connectivity index (χ0v) is 16.0. The van der Waals surface area contributed by atoms with Crippen LogP contribution in [0.15, 0.2) is 35.6 Å². The van der Waals surface area contributed by atoms with Crippen molar-refractivity contribution < 1.29 is 14.3 Å². The van der Waals surface area contributed by atoms with Crippen LogP contribution < -0.4 is 0 Å². The quantitative estimate of drug-likeness (QED) is 0.468. The Morgan fingerprint density at radius 1 is 1.45 bits per heavy atom. The smallest absolute Gasteiger partial charge is 0.242 e. The summed E-state index contributed by atoms with van der Waals surface area (Å²) in [6.45, 7) is 18.2. The lowest BCUT2D eigenvalue weighted by Gasteiger charge is -2.38. The van der Waals surface area contributed by atoms with Gasteiger partial charge in [-0.25, -0.2) is 0 Å². The number of rotatable bonds is 5. The number of hydrogen-bond acceptors (Lipinski definition) is 3. The molecule has 0 aromatic carbocycles. The fourth-order valence-corrected chi connectivity index (χ4v) is 3.71. The van der Waals surface area contributed by atoms with Crippen molar-refractivity contribution in [2.24, 2.45) is 11.3 Å². The maximum atomic E-state index is 12.2. The fraction of sp³-hybridized carbons (Fsp3) is 0.611. The molecule has 0 fully saturated rings. The van der Waals surface area contributed by atoms with Crippen molar-refractivity contribution in [3.63, 3.8) is 0 Å². The zero-order chi connectivity index (χ0) is 17.3. The standard InChI is InChI=1S/C18H30O3Si/c1-9-12(2)10-15(21-22(6,7)8)16-13(3)17(20)14(19)11-18(16,4)5/h9-10,12,14,19H,1,11H2,2-8H3. The zero-order valence-electron chi connectivity index (χ0n) is 15.0. The van der Waals surface area contributed by atoms with Crippen molar-refractivity contribution in [3.8, 4) is 0 Å². The number of ketones is 1. The highest BCUT2D eigenvalue weighted by Crippen LogP contribution is 2.44. The molecule has 0 saturated carbocycles. The third-order valence-corrected chi connectivity index (χ3v) is 4.71. The summed E-state index contributed by atoms with van der Waals surface area (Å²) in [5.74, 6) is 0.754. The maximum Gasteiger partial charge on any atom is 0.242 e. The minimum atomic E-state index is -1.83. The summed E-state index contributed by atoms with van der Waals surface area (Å²) in [5.41, 5.74) is 1.24. The number of carbonyl (C=O) groups is 1. The van der Waals surface area contributed by atoms with Gasteiger partial charge in [-0.15, -0.1) is 6.58 Å². The van der Waals surface area contributed by atoms with Gasteiger partial charge in [0, 0.05) is 11.1 Å². The molecule has 0 amide bonds. The number of allylic oxidation sites excluding steroid dienone is 3. The lowest BCUT2D eigenvalue weighted by atomic mass is 9.70. The molecule has 1 aliphatic carbocycles. The van der Waals surface area contributed by atoms with Gasteiger partial charge in [0.1, 0.15) is 11.9 Å². The van der Waals surface area contributed by atoms with E-state index in [0.717, 1.165) is 11.3 Å². The highest BCUT2D eigenvalue weighted by molar-refractivity contribution is 6.70. The van der Waals surface area contributed by atoms with E-state index in [1.807, 2.05) is 19.1 Å². The highest BCUT2D eigenvalue weighted by atomic mass is 28.4. The second-order valence-corrected chi connectivity index (χ2v) is 12.2. The Morgan fingerprint density at radius 3 is 2.45 bits per heavy atom. The summed E-state index contributed by atoms with van der Waals surface area (Å²) < 4.78 is 6.30. The molecular weight excluding hydrogens is 292 g/mol. The van der Waals surface area contributed by atoms with Crippen LogP contribution in [0.4, 0.5) is 0 Å². The Labute approximate surface area is 135 Å². The molecule has 4 heteroatoms. The predicted molar refractivity (Wildman–Crippen MR) is 94.0 cm³/mol. The number of hydrogen-bond donors (Lipinski definition) is 1. The van der Waals surface area contributed by atoms with E-state index in [9.17, 15) is 9.90 Å². The number of aliphatic hydroxyl groups excluding tert-OH is 1. The van der Waals surface area contributed by atoms with Gasteiger partial charge in [0.05, 0.1) is 0 Å². The SMILES string of the molecule is C=CC(C)C=C(O[Si](C)(C)C)C1=C(C)C(=O)C(O)CC1(C)C. The topological polar surface area (TPSA) is 46.5 Å². The van der Waals surface area contributed by atoms with Crippen LogP contribution >= 0.6 is 0 Å². The van der Waals surface area contributed by atoms with E-state index in [1.54, 1.807) is 6.92 Å². The third-order valence-electron chi connectivity index (χ3n) is 3.88. The van der Waals surface area contributed by atoms with Crippen molar-refractivity contribution in [2.45, 2.75) is 59.9 Å². The Balaban J connectivity index is 3.47. The second kappa shape index (κ2) is 6.55. The summed E-state index contributed by atoms with van der Waals surface area (Å²) in [6, 6.07) is 0. The minimum Gasteiger partial charge on any atom is -0.544 e. The normalized spacial score (nSPS) is 24.3. The van der Waals surface area contributed by atoms with Crippen LogP contribution in [0, 0.1) is 11.3 Å². The minimum absolute atomic E-state index is 0.157. The van der Waals surface area contributed by atoms with Gasteiger partial charge in [-0.2, -0.15) is 0 Å². The molecule has 2 unspecified atom stereocenters. The molecule has 2 atom stereocenters. The van der Waals surface area contributed by atoms with Crippen LogP contribution in [0.2, 0.25) is 19.6 Å². The molecule has 0 aliphatic heterocycles. The predicted octanol–water partition coefficient (Wildman–Crippen LogP) is 4.22. The lowest BCUT2D eigenvalue weighted by Crippen LogP contribution is -2.38. The second-order valence-electron chi connectivity index (χ2n) is 7.81. The Morgan fingerprint density at radius 2 is 2.00 bits per heavy atom. The van der Waals surface area contributed by atoms with Crippen LogP contribution in [0.1, 0.15) is 34.1 Å². The molecule has 1 N–H and O–H groups in total. The Kier molecular flexibility index (Phi) is 5.63. The van der Waals surface area contributed by atoms with E-state index in [-0.39, 0.29) is 17.1 Å². The fourth-order valence-electron chi connectivity index (χ4n) is 2.88. The average molecular weight is 323 g/mol. The monoisotopic (exact) mass is 322 g/mol. The summed E-state index contributed by atoms with van der Waals surface area (Å²) >= 11 is 0. The first-order valence-electron chi connectivity index (χ1n) is 7.86. The van der Waals surface area contributed by atoms with E-state index in [2.05, 4.69) is 40.1 Å². The molecule has 1 rings (SSSR count). The molecular formula is C18H30O3Si. The van der Waals surface area contributed by atoms with Gasteiger partial charge in [0.25, 0.3) is 0 Å². The van der Waals surface area contributed by atoms with Crippen molar-refractivity contribution in [1.29, 1.82) is 0 Å². The number of Topliss-reactive ketones (excluding diaryl/α,β-unsaturated/α-hetero) is 1. The Hall–Kier alpha value is -1.13. The highest BCUT2D eigenvalue weighted by Gasteiger charge is 2.40. The molecule has 22 heavy (non-hydrogen) atoms. The van der Waals surface area contributed by atoms with Crippen LogP contribution in [0.5, 0.6) is 0 Å². The maximum absolute atomic E-state index is 12.2. The first-order valence-corrected chi connectivity index (χ1v) is 11.3.